The minimum absolute atomic E-state index is 0.193. The lowest BCUT2D eigenvalue weighted by atomic mass is 9.72. The summed E-state index contributed by atoms with van der Waals surface area (Å²) in [5, 5.41) is 22.4. The van der Waals surface area contributed by atoms with Gasteiger partial charge in [0.05, 0.1) is 11.5 Å². The Morgan fingerprint density at radius 3 is 1.23 bits per heavy atom. The van der Waals surface area contributed by atoms with Crippen molar-refractivity contribution in [2.75, 3.05) is 11.5 Å². The molecule has 0 aromatic rings. The zero-order chi connectivity index (χ0) is 45.8. The highest BCUT2D eigenvalue weighted by Crippen LogP contribution is 2.41. The second-order valence-corrected chi connectivity index (χ2v) is 18.6. The van der Waals surface area contributed by atoms with E-state index in [1.54, 1.807) is 26.0 Å². The van der Waals surface area contributed by atoms with Crippen molar-refractivity contribution in [3.8, 4) is 0 Å². The molecule has 60 heavy (non-hydrogen) atoms. The van der Waals surface area contributed by atoms with Crippen molar-refractivity contribution in [2.45, 2.75) is 120 Å². The van der Waals surface area contributed by atoms with Gasteiger partial charge in [-0.25, -0.2) is 18.0 Å². The molecule has 0 aliphatic heterocycles. The minimum Gasteiger partial charge on any atom is -0.480 e. The molecule has 332 valence electrons. The lowest BCUT2D eigenvalue weighted by Gasteiger charge is -2.33. The number of carboxylic acids is 2. The van der Waals surface area contributed by atoms with Crippen LogP contribution in [0.15, 0.2) is 117 Å². The van der Waals surface area contributed by atoms with Gasteiger partial charge in [0.1, 0.15) is 12.1 Å². The van der Waals surface area contributed by atoms with Crippen LogP contribution in [0.5, 0.6) is 0 Å². The minimum atomic E-state index is -2.31. The number of hydrogen-bond donors (Lipinski definition) is 6. The van der Waals surface area contributed by atoms with E-state index in [4.69, 9.17) is 19.3 Å². The zero-order valence-corrected chi connectivity index (χ0v) is 38.4. The van der Waals surface area contributed by atoms with Crippen molar-refractivity contribution in [1.82, 2.24) is 10.6 Å². The van der Waals surface area contributed by atoms with Crippen LogP contribution in [0.1, 0.15) is 108 Å². The van der Waals surface area contributed by atoms with Crippen molar-refractivity contribution >= 4 is 45.9 Å². The lowest BCUT2D eigenvalue weighted by molar-refractivity contribution is -0.141. The van der Waals surface area contributed by atoms with Gasteiger partial charge >= 0.3 is 11.9 Å². The number of allylic oxidation sites excluding steroid dienone is 18. The average molecular weight is 871 g/mol. The van der Waals surface area contributed by atoms with E-state index in [9.17, 15) is 27.6 Å². The van der Waals surface area contributed by atoms with Crippen LogP contribution < -0.4 is 10.6 Å². The lowest BCUT2D eigenvalue weighted by Crippen LogP contribution is -2.43. The number of rotatable bonds is 18. The van der Waals surface area contributed by atoms with Crippen LogP contribution in [0.2, 0.25) is 0 Å². The molecular weight excluding hydrogens is 805 g/mol. The van der Waals surface area contributed by atoms with E-state index in [0.29, 0.717) is 11.1 Å². The summed E-state index contributed by atoms with van der Waals surface area (Å²) in [5.41, 5.74) is 9.47. The van der Waals surface area contributed by atoms with Gasteiger partial charge < -0.3 is 30.0 Å². The molecule has 2 unspecified atom stereocenters. The fraction of sp³-hybridized carbons (Fsp3) is 0.478. The molecule has 0 heterocycles. The predicted octanol–water partition coefficient (Wildman–Crippen LogP) is 8.62. The number of aliphatic carboxylic acids is 2. The molecule has 0 fully saturated rings. The number of carboxylic acid groups (broad SMARTS) is 2. The molecule has 4 atom stereocenters. The van der Waals surface area contributed by atoms with Gasteiger partial charge in [-0.2, -0.15) is 0 Å². The van der Waals surface area contributed by atoms with E-state index < -0.39 is 69.5 Å². The maximum absolute atomic E-state index is 11.9. The van der Waals surface area contributed by atoms with Crippen LogP contribution in [-0.4, -0.2) is 75.1 Å². The smallest absolute Gasteiger partial charge is 0.327 e. The van der Waals surface area contributed by atoms with Crippen LogP contribution in [0.25, 0.3) is 0 Å². The molecule has 6 N–H and O–H groups in total. The van der Waals surface area contributed by atoms with Gasteiger partial charge in [0.25, 0.3) is 0 Å². The van der Waals surface area contributed by atoms with Crippen molar-refractivity contribution in [1.29, 1.82) is 0 Å². The fourth-order valence-corrected chi connectivity index (χ4v) is 7.86. The normalized spacial score (nSPS) is 19.9. The first kappa shape index (κ1) is 53.5. The summed E-state index contributed by atoms with van der Waals surface area (Å²) in [6.45, 7) is 21.0. The summed E-state index contributed by atoms with van der Waals surface area (Å²) < 4.78 is 39.2. The number of nitrogens with one attached hydrogen (secondary N) is 2. The van der Waals surface area contributed by atoms with Gasteiger partial charge in [-0.1, -0.05) is 111 Å². The molecule has 0 saturated heterocycles. The van der Waals surface area contributed by atoms with Crippen LogP contribution in [0.4, 0.5) is 0 Å². The predicted molar refractivity (Wildman–Crippen MR) is 243 cm³/mol. The molecule has 0 saturated carbocycles. The highest BCUT2D eigenvalue weighted by atomic mass is 32.2. The monoisotopic (exact) mass is 870 g/mol. The van der Waals surface area contributed by atoms with Crippen molar-refractivity contribution in [2.24, 2.45) is 10.8 Å². The van der Waals surface area contributed by atoms with Crippen LogP contribution in [-0.2, 0) is 41.3 Å². The van der Waals surface area contributed by atoms with E-state index in [0.717, 1.165) is 24.0 Å². The largest absolute Gasteiger partial charge is 0.480 e. The average Bonchev–Trinajstić information content (AvgIpc) is 3.09. The highest BCUT2D eigenvalue weighted by molar-refractivity contribution is 7.79. The number of amides is 2. The van der Waals surface area contributed by atoms with E-state index in [1.165, 1.54) is 60.1 Å². The zero-order valence-electron chi connectivity index (χ0n) is 36.8. The third-order valence-corrected chi connectivity index (χ3v) is 11.3. The Labute approximate surface area is 361 Å². The molecule has 0 spiro atoms. The van der Waals surface area contributed by atoms with Crippen LogP contribution >= 0.6 is 0 Å². The summed E-state index contributed by atoms with van der Waals surface area (Å²) >= 11 is -4.63. The third-order valence-electron chi connectivity index (χ3n) is 10.1. The van der Waals surface area contributed by atoms with Crippen LogP contribution in [0.3, 0.4) is 0 Å². The number of hydrogen-bond acceptors (Lipinski definition) is 6. The maximum Gasteiger partial charge on any atom is 0.327 e. The quantitative estimate of drug-likeness (QED) is 0.0439. The topological polar surface area (TPSA) is 207 Å². The van der Waals surface area contributed by atoms with Gasteiger partial charge in [-0.05, 0) is 113 Å². The highest BCUT2D eigenvalue weighted by Gasteiger charge is 2.28. The Kier molecular flexibility index (Phi) is 23.2. The Balaban J connectivity index is 0.000000600. The maximum atomic E-state index is 11.9. The standard InChI is InChI=1S/2C23H33NO5S/c2*1-16(11-12-19-18(3)10-7-13-23(19,4)5)8-6-9-17(2)14-21(25)24-20(22(26)27)15-30(28)29/h2*6,8-9,11-12,14,20H,7,10,13,15H2,1-5H3,(H,24,25)(H,26,27)(H,28,29)/b9-6+,12-11+,16-8+,17-14+;9-6+,12-11+,16-8+,17-14-/t2*20-/m00/s1. The Morgan fingerprint density at radius 1 is 0.617 bits per heavy atom. The molecule has 2 aliphatic rings. The second-order valence-electron chi connectivity index (χ2n) is 16.6. The first-order valence-corrected chi connectivity index (χ1v) is 22.4. The van der Waals surface area contributed by atoms with Gasteiger partial charge in [0.15, 0.2) is 22.2 Å². The second kappa shape index (κ2) is 26.0. The van der Waals surface area contributed by atoms with Gasteiger partial charge in [-0.15, -0.1) is 0 Å². The fourth-order valence-electron chi connectivity index (χ4n) is 6.84. The first-order chi connectivity index (χ1) is 27.8. The molecule has 2 rings (SSSR count). The summed E-state index contributed by atoms with van der Waals surface area (Å²) in [6.07, 6.45) is 29.2. The van der Waals surface area contributed by atoms with Gasteiger partial charge in [0.2, 0.25) is 11.8 Å². The molecule has 0 aromatic carbocycles. The van der Waals surface area contributed by atoms with Crippen LogP contribution in [0, 0.1) is 10.8 Å². The van der Waals surface area contributed by atoms with Crippen molar-refractivity contribution < 1.29 is 46.9 Å². The molecule has 0 aromatic heterocycles. The molecular formula is C46H66N2O10S2. The Hall–Kier alpha value is -4.50. The molecule has 14 heteroatoms. The molecule has 2 amide bonds. The van der Waals surface area contributed by atoms with Crippen molar-refractivity contribution in [3.05, 3.63) is 117 Å². The summed E-state index contributed by atoms with van der Waals surface area (Å²) in [6, 6.07) is -2.82. The molecule has 12 nitrogen and oxygen atoms in total. The number of carbonyl (C=O) groups is 4. The van der Waals surface area contributed by atoms with E-state index >= 15 is 0 Å². The number of carbonyl (C=O) groups excluding carboxylic acids is 2. The van der Waals surface area contributed by atoms with Gasteiger partial charge in [-0.3, -0.25) is 9.59 Å². The van der Waals surface area contributed by atoms with E-state index in [1.807, 2.05) is 38.2 Å². The summed E-state index contributed by atoms with van der Waals surface area (Å²) in [5.74, 6) is -5.10. The third kappa shape index (κ3) is 21.1. The van der Waals surface area contributed by atoms with Crippen molar-refractivity contribution in [3.63, 3.8) is 0 Å². The summed E-state index contributed by atoms with van der Waals surface area (Å²) in [7, 11) is 0. The van der Waals surface area contributed by atoms with Gasteiger partial charge in [0, 0.05) is 12.2 Å². The van der Waals surface area contributed by atoms with E-state index in [2.05, 4.69) is 76.5 Å². The Bertz CT molecular complexity index is 1800. The Morgan fingerprint density at radius 2 is 0.950 bits per heavy atom. The summed E-state index contributed by atoms with van der Waals surface area (Å²) in [4.78, 5) is 45.9. The van der Waals surface area contributed by atoms with E-state index in [-0.39, 0.29) is 10.8 Å². The molecule has 0 radical (unpaired) electrons. The molecule has 0 bridgehead atoms. The SMILES string of the molecule is CC1=C(/C=C/C(C)=C/C=C/C(C)=C/C(=O)N[C@@H](CS(=O)O)C(=O)O)C(C)(C)CCC1.CC1=C(/C=C/C(C)=C/C=C/C(C)=C\C(=O)N[C@@H](CS(=O)O)C(=O)O)C(C)(C)CCC1. The first-order valence-electron chi connectivity index (χ1n) is 19.9. The molecule has 2 aliphatic carbocycles.